The standard InChI is InChI=1S/C23H29N3O2S/c27-22(24-17-23(11-16-29-18-23)26-12-14-28-15-13-26)25-21(19-7-3-1-4-8-19)20-9-5-2-6-10-20/h1-10,21H,11-18H2,(H2,24,25,27). The van der Waals surface area contributed by atoms with E-state index in [0.29, 0.717) is 6.54 Å². The van der Waals surface area contributed by atoms with E-state index >= 15 is 0 Å². The van der Waals surface area contributed by atoms with Gasteiger partial charge in [0.05, 0.1) is 19.3 Å². The maximum absolute atomic E-state index is 12.9. The predicted octanol–water partition coefficient (Wildman–Crippen LogP) is 3.28. The smallest absolute Gasteiger partial charge is 0.315 e. The van der Waals surface area contributed by atoms with Gasteiger partial charge >= 0.3 is 6.03 Å². The van der Waals surface area contributed by atoms with Crippen LogP contribution in [-0.2, 0) is 4.74 Å². The van der Waals surface area contributed by atoms with Crippen molar-refractivity contribution in [2.45, 2.75) is 18.0 Å². The Morgan fingerprint density at radius 1 is 1.03 bits per heavy atom. The lowest BCUT2D eigenvalue weighted by atomic mass is 9.95. The number of rotatable bonds is 6. The van der Waals surface area contributed by atoms with Crippen molar-refractivity contribution in [1.82, 2.24) is 15.5 Å². The Hall–Kier alpha value is -2.02. The molecule has 0 aliphatic carbocycles. The quantitative estimate of drug-likeness (QED) is 0.766. The number of hydrogen-bond donors (Lipinski definition) is 2. The first-order valence-corrected chi connectivity index (χ1v) is 11.5. The monoisotopic (exact) mass is 411 g/mol. The molecule has 4 rings (SSSR count). The second-order valence-corrected chi connectivity index (χ2v) is 8.81. The number of benzene rings is 2. The van der Waals surface area contributed by atoms with E-state index in [-0.39, 0.29) is 17.6 Å². The fourth-order valence-electron chi connectivity index (χ4n) is 4.21. The van der Waals surface area contributed by atoms with Gasteiger partial charge in [0, 0.05) is 30.9 Å². The molecule has 0 bridgehead atoms. The van der Waals surface area contributed by atoms with Gasteiger partial charge in [-0.1, -0.05) is 60.7 Å². The second kappa shape index (κ2) is 9.65. The van der Waals surface area contributed by atoms with E-state index in [4.69, 9.17) is 4.74 Å². The molecule has 2 aliphatic heterocycles. The van der Waals surface area contributed by atoms with E-state index in [1.54, 1.807) is 0 Å². The van der Waals surface area contributed by atoms with Crippen LogP contribution in [0.3, 0.4) is 0 Å². The average Bonchev–Trinajstić information content (AvgIpc) is 3.28. The summed E-state index contributed by atoms with van der Waals surface area (Å²) in [5.41, 5.74) is 2.20. The molecule has 2 aromatic rings. The number of amides is 2. The third kappa shape index (κ3) is 4.94. The van der Waals surface area contributed by atoms with Crippen molar-refractivity contribution in [3.05, 3.63) is 71.8 Å². The molecule has 2 amide bonds. The van der Waals surface area contributed by atoms with Crippen LogP contribution in [0.25, 0.3) is 0 Å². The van der Waals surface area contributed by atoms with Crippen LogP contribution in [0.1, 0.15) is 23.6 Å². The maximum atomic E-state index is 12.9. The third-order valence-electron chi connectivity index (χ3n) is 5.88. The first kappa shape index (κ1) is 20.3. The molecule has 2 aliphatic rings. The number of nitrogens with one attached hydrogen (secondary N) is 2. The van der Waals surface area contributed by atoms with Gasteiger partial charge in [0.25, 0.3) is 0 Å². The van der Waals surface area contributed by atoms with Crippen LogP contribution in [0.4, 0.5) is 4.79 Å². The summed E-state index contributed by atoms with van der Waals surface area (Å²) in [6, 6.07) is 20.0. The van der Waals surface area contributed by atoms with Crippen molar-refractivity contribution in [3.63, 3.8) is 0 Å². The molecular weight excluding hydrogens is 382 g/mol. The van der Waals surface area contributed by atoms with Gasteiger partial charge in [-0.25, -0.2) is 4.79 Å². The van der Waals surface area contributed by atoms with Gasteiger partial charge in [0.2, 0.25) is 0 Å². The minimum absolute atomic E-state index is 0.0424. The Morgan fingerprint density at radius 2 is 1.66 bits per heavy atom. The molecule has 1 atom stereocenters. The van der Waals surface area contributed by atoms with Gasteiger partial charge < -0.3 is 15.4 Å². The Bertz CT molecular complexity index is 736. The van der Waals surface area contributed by atoms with Crippen molar-refractivity contribution in [1.29, 1.82) is 0 Å². The van der Waals surface area contributed by atoms with Gasteiger partial charge in [0.15, 0.2) is 0 Å². The van der Waals surface area contributed by atoms with Crippen LogP contribution in [-0.4, -0.2) is 60.8 Å². The van der Waals surface area contributed by atoms with E-state index in [2.05, 4.69) is 39.8 Å². The van der Waals surface area contributed by atoms with Crippen molar-refractivity contribution in [3.8, 4) is 0 Å². The number of hydrogen-bond acceptors (Lipinski definition) is 4. The molecule has 2 heterocycles. The zero-order valence-corrected chi connectivity index (χ0v) is 17.5. The number of carbonyl (C=O) groups excluding carboxylic acids is 1. The van der Waals surface area contributed by atoms with Crippen LogP contribution >= 0.6 is 11.8 Å². The zero-order valence-electron chi connectivity index (χ0n) is 16.7. The molecule has 29 heavy (non-hydrogen) atoms. The lowest BCUT2D eigenvalue weighted by Gasteiger charge is -2.43. The Labute approximate surface area is 177 Å². The molecular formula is C23H29N3O2S. The Kier molecular flexibility index (Phi) is 6.74. The number of nitrogens with zero attached hydrogens (tertiary/aromatic N) is 1. The fourth-order valence-corrected chi connectivity index (χ4v) is 5.69. The van der Waals surface area contributed by atoms with Gasteiger partial charge in [-0.05, 0) is 23.3 Å². The highest BCUT2D eigenvalue weighted by molar-refractivity contribution is 7.99. The van der Waals surface area contributed by atoms with Crippen molar-refractivity contribution in [2.24, 2.45) is 0 Å². The summed E-state index contributed by atoms with van der Waals surface area (Å²) < 4.78 is 5.53. The zero-order chi connectivity index (χ0) is 19.9. The molecule has 0 aromatic heterocycles. The summed E-state index contributed by atoms with van der Waals surface area (Å²) in [6.07, 6.45) is 1.11. The van der Waals surface area contributed by atoms with E-state index in [1.165, 1.54) is 0 Å². The topological polar surface area (TPSA) is 53.6 Å². The summed E-state index contributed by atoms with van der Waals surface area (Å²) in [6.45, 7) is 4.12. The summed E-state index contributed by atoms with van der Waals surface area (Å²) >= 11 is 1.98. The molecule has 1 unspecified atom stereocenters. The number of carbonyl (C=O) groups is 1. The van der Waals surface area contributed by atoms with E-state index in [9.17, 15) is 4.79 Å². The fraction of sp³-hybridized carbons (Fsp3) is 0.435. The molecule has 6 heteroatoms. The summed E-state index contributed by atoms with van der Waals surface area (Å²) in [5, 5.41) is 6.38. The normalized spacial score (nSPS) is 22.5. The van der Waals surface area contributed by atoms with Crippen molar-refractivity contribution < 1.29 is 9.53 Å². The van der Waals surface area contributed by atoms with Crippen LogP contribution < -0.4 is 10.6 Å². The third-order valence-corrected chi connectivity index (χ3v) is 7.12. The van der Waals surface area contributed by atoms with Crippen molar-refractivity contribution >= 4 is 17.8 Å². The highest BCUT2D eigenvalue weighted by Crippen LogP contribution is 2.33. The largest absolute Gasteiger partial charge is 0.379 e. The highest BCUT2D eigenvalue weighted by Gasteiger charge is 2.41. The number of thioether (sulfide) groups is 1. The van der Waals surface area contributed by atoms with Crippen LogP contribution in [0.2, 0.25) is 0 Å². The first-order chi connectivity index (χ1) is 14.3. The molecule has 2 fully saturated rings. The highest BCUT2D eigenvalue weighted by atomic mass is 32.2. The first-order valence-electron chi connectivity index (χ1n) is 10.3. The molecule has 2 saturated heterocycles. The van der Waals surface area contributed by atoms with E-state index in [1.807, 2.05) is 48.2 Å². The van der Waals surface area contributed by atoms with Gasteiger partial charge in [-0.3, -0.25) is 4.90 Å². The molecule has 5 nitrogen and oxygen atoms in total. The number of ether oxygens (including phenoxy) is 1. The molecule has 2 N–H and O–H groups in total. The van der Waals surface area contributed by atoms with Crippen molar-refractivity contribution in [2.75, 3.05) is 44.4 Å². The summed E-state index contributed by atoms with van der Waals surface area (Å²) in [5.74, 6) is 2.21. The van der Waals surface area contributed by atoms with E-state index < -0.39 is 0 Å². The van der Waals surface area contributed by atoms with E-state index in [0.717, 1.165) is 55.4 Å². The summed E-state index contributed by atoms with van der Waals surface area (Å²) in [7, 11) is 0. The summed E-state index contributed by atoms with van der Waals surface area (Å²) in [4.78, 5) is 15.4. The van der Waals surface area contributed by atoms with Crippen LogP contribution in [0.5, 0.6) is 0 Å². The molecule has 0 spiro atoms. The predicted molar refractivity (Wildman–Crippen MR) is 118 cm³/mol. The van der Waals surface area contributed by atoms with Gasteiger partial charge in [-0.15, -0.1) is 0 Å². The molecule has 0 saturated carbocycles. The number of urea groups is 1. The lowest BCUT2D eigenvalue weighted by molar-refractivity contribution is -0.0124. The molecule has 0 radical (unpaired) electrons. The Balaban J connectivity index is 1.44. The lowest BCUT2D eigenvalue weighted by Crippen LogP contribution is -2.60. The van der Waals surface area contributed by atoms with Crippen LogP contribution in [0, 0.1) is 0 Å². The SMILES string of the molecule is O=C(NCC1(N2CCOCC2)CCSC1)NC(c1ccccc1)c1ccccc1. The van der Waals surface area contributed by atoms with Crippen LogP contribution in [0.15, 0.2) is 60.7 Å². The minimum Gasteiger partial charge on any atom is -0.379 e. The molecule has 154 valence electrons. The Morgan fingerprint density at radius 3 is 2.21 bits per heavy atom. The number of morpholine rings is 1. The van der Waals surface area contributed by atoms with Gasteiger partial charge in [0.1, 0.15) is 0 Å². The second-order valence-electron chi connectivity index (χ2n) is 7.71. The van der Waals surface area contributed by atoms with Gasteiger partial charge in [-0.2, -0.15) is 11.8 Å². The average molecular weight is 412 g/mol. The molecule has 2 aromatic carbocycles. The maximum Gasteiger partial charge on any atom is 0.315 e. The minimum atomic E-state index is -0.172.